The predicted octanol–water partition coefficient (Wildman–Crippen LogP) is 3.85. The van der Waals surface area contributed by atoms with Gasteiger partial charge in [0.1, 0.15) is 4.90 Å². The molecule has 1 unspecified atom stereocenters. The topological polar surface area (TPSA) is 125 Å². The van der Waals surface area contributed by atoms with E-state index in [2.05, 4.69) is 17.6 Å². The smallest absolute Gasteiger partial charge is 0.411 e. The molecule has 28 heavy (non-hydrogen) atoms. The van der Waals surface area contributed by atoms with Crippen molar-refractivity contribution in [1.82, 2.24) is 0 Å². The lowest BCUT2D eigenvalue weighted by Crippen LogP contribution is -2.22. The molecule has 0 spiro atoms. The summed E-state index contributed by atoms with van der Waals surface area (Å²) in [4.78, 5) is 11.5. The number of anilines is 2. The Morgan fingerprint density at radius 1 is 1.21 bits per heavy atom. The SMILES string of the molecule is CCCCCCCCOC(=O)Nc1ccc(S(=O)(=O)O)c(NCC(O)CCl)c1. The predicted molar refractivity (Wildman–Crippen MR) is 110 cm³/mol. The van der Waals surface area contributed by atoms with Crippen LogP contribution in [0.1, 0.15) is 45.4 Å². The van der Waals surface area contributed by atoms with E-state index in [1.54, 1.807) is 0 Å². The zero-order valence-electron chi connectivity index (χ0n) is 16.0. The molecule has 0 aliphatic heterocycles. The lowest BCUT2D eigenvalue weighted by molar-refractivity contribution is 0.159. The average molecular weight is 437 g/mol. The highest BCUT2D eigenvalue weighted by Gasteiger charge is 2.17. The van der Waals surface area contributed by atoms with E-state index in [0.29, 0.717) is 6.61 Å². The number of carbonyl (C=O) groups is 1. The van der Waals surface area contributed by atoms with Gasteiger partial charge >= 0.3 is 6.09 Å². The van der Waals surface area contributed by atoms with E-state index in [0.717, 1.165) is 25.3 Å². The van der Waals surface area contributed by atoms with Crippen LogP contribution in [0.25, 0.3) is 0 Å². The van der Waals surface area contributed by atoms with E-state index >= 15 is 0 Å². The van der Waals surface area contributed by atoms with Crippen LogP contribution in [0.3, 0.4) is 0 Å². The van der Waals surface area contributed by atoms with E-state index in [9.17, 15) is 22.9 Å². The van der Waals surface area contributed by atoms with E-state index in [4.69, 9.17) is 16.3 Å². The third-order valence-corrected chi connectivity index (χ3v) is 5.21. The summed E-state index contributed by atoms with van der Waals surface area (Å²) in [6, 6.07) is 3.81. The van der Waals surface area contributed by atoms with Crippen molar-refractivity contribution in [1.29, 1.82) is 0 Å². The second kappa shape index (κ2) is 12.8. The van der Waals surface area contributed by atoms with Crippen molar-refractivity contribution in [2.75, 3.05) is 29.7 Å². The highest BCUT2D eigenvalue weighted by Crippen LogP contribution is 2.25. The minimum atomic E-state index is -4.48. The van der Waals surface area contributed by atoms with Gasteiger partial charge in [0.15, 0.2) is 0 Å². The fourth-order valence-corrected chi connectivity index (χ4v) is 3.21. The molecule has 10 heteroatoms. The molecule has 0 heterocycles. The Balaban J connectivity index is 2.61. The molecular weight excluding hydrogens is 408 g/mol. The largest absolute Gasteiger partial charge is 0.449 e. The number of ether oxygens (including phenoxy) is 1. The van der Waals surface area contributed by atoms with Crippen LogP contribution in [-0.4, -0.2) is 49.3 Å². The lowest BCUT2D eigenvalue weighted by Gasteiger charge is -2.14. The molecular formula is C18H29ClN2O6S. The van der Waals surface area contributed by atoms with Gasteiger partial charge in [-0.3, -0.25) is 9.87 Å². The van der Waals surface area contributed by atoms with Crippen molar-refractivity contribution in [3.63, 3.8) is 0 Å². The first-order valence-corrected chi connectivity index (χ1v) is 11.3. The quantitative estimate of drug-likeness (QED) is 0.210. The summed E-state index contributed by atoms with van der Waals surface area (Å²) in [7, 11) is -4.48. The molecule has 1 rings (SSSR count). The summed E-state index contributed by atoms with van der Waals surface area (Å²) in [5.41, 5.74) is 0.309. The van der Waals surface area contributed by atoms with Gasteiger partial charge in [-0.05, 0) is 24.6 Å². The molecule has 1 aromatic carbocycles. The van der Waals surface area contributed by atoms with Crippen LogP contribution in [0.2, 0.25) is 0 Å². The molecule has 0 aliphatic carbocycles. The molecule has 0 radical (unpaired) electrons. The Morgan fingerprint density at radius 3 is 2.54 bits per heavy atom. The van der Waals surface area contributed by atoms with E-state index in [-0.39, 0.29) is 28.7 Å². The number of unbranched alkanes of at least 4 members (excludes halogenated alkanes) is 5. The minimum Gasteiger partial charge on any atom is -0.449 e. The molecule has 0 fully saturated rings. The van der Waals surface area contributed by atoms with Crippen LogP contribution in [0.5, 0.6) is 0 Å². The second-order valence-corrected chi connectivity index (χ2v) is 8.10. The van der Waals surface area contributed by atoms with Crippen molar-refractivity contribution in [2.45, 2.75) is 56.4 Å². The zero-order chi connectivity index (χ0) is 21.0. The standard InChI is InChI=1S/C18H29ClN2O6S/c1-2-3-4-5-6-7-10-27-18(23)21-14-8-9-17(28(24,25)26)16(11-14)20-13-15(22)12-19/h8-9,11,15,20,22H,2-7,10,12-13H2,1H3,(H,21,23)(H,24,25,26). The summed E-state index contributed by atoms with van der Waals surface area (Å²) in [5.74, 6) is -0.0447. The number of benzene rings is 1. The maximum Gasteiger partial charge on any atom is 0.411 e. The molecule has 4 N–H and O–H groups in total. The summed E-state index contributed by atoms with van der Waals surface area (Å²) in [6.45, 7) is 2.42. The van der Waals surface area contributed by atoms with Crippen LogP contribution < -0.4 is 10.6 Å². The van der Waals surface area contributed by atoms with Gasteiger partial charge in [-0.15, -0.1) is 11.6 Å². The third-order valence-electron chi connectivity index (χ3n) is 3.94. The minimum absolute atomic E-state index is 0.0281. The molecule has 1 aromatic rings. The number of carbonyl (C=O) groups excluding carboxylic acids is 1. The van der Waals surface area contributed by atoms with Crippen LogP contribution in [-0.2, 0) is 14.9 Å². The molecule has 0 aromatic heterocycles. The number of aliphatic hydroxyl groups excluding tert-OH is 1. The van der Waals surface area contributed by atoms with Crippen molar-refractivity contribution < 1.29 is 27.6 Å². The Bertz CT molecular complexity index is 714. The molecule has 160 valence electrons. The molecule has 0 saturated carbocycles. The molecule has 1 atom stereocenters. The van der Waals surface area contributed by atoms with E-state index in [1.165, 1.54) is 31.4 Å². The van der Waals surface area contributed by atoms with Crippen LogP contribution in [0, 0.1) is 0 Å². The number of nitrogens with one attached hydrogen (secondary N) is 2. The zero-order valence-corrected chi connectivity index (χ0v) is 17.6. The molecule has 8 nitrogen and oxygen atoms in total. The first kappa shape index (κ1) is 24.5. The van der Waals surface area contributed by atoms with Gasteiger partial charge in [-0.1, -0.05) is 39.0 Å². The number of rotatable bonds is 13. The second-order valence-electron chi connectivity index (χ2n) is 6.40. The average Bonchev–Trinajstić information content (AvgIpc) is 2.64. The molecule has 0 bridgehead atoms. The van der Waals surface area contributed by atoms with Crippen molar-refractivity contribution in [3.8, 4) is 0 Å². The summed E-state index contributed by atoms with van der Waals surface area (Å²) >= 11 is 5.51. The van der Waals surface area contributed by atoms with Gasteiger partial charge in [-0.25, -0.2) is 4.79 Å². The first-order chi connectivity index (χ1) is 13.3. The normalized spacial score (nSPS) is 12.4. The van der Waals surface area contributed by atoms with Gasteiger partial charge in [0, 0.05) is 12.2 Å². The number of amides is 1. The van der Waals surface area contributed by atoms with Crippen LogP contribution in [0.15, 0.2) is 23.1 Å². The van der Waals surface area contributed by atoms with Gasteiger partial charge in [-0.2, -0.15) is 8.42 Å². The molecule has 1 amide bonds. The Hall–Kier alpha value is -1.55. The van der Waals surface area contributed by atoms with Crippen molar-refractivity contribution >= 4 is 39.2 Å². The van der Waals surface area contributed by atoms with Crippen molar-refractivity contribution in [2.24, 2.45) is 0 Å². The summed E-state index contributed by atoms with van der Waals surface area (Å²) in [6.07, 6.45) is 4.89. The maximum atomic E-state index is 11.9. The number of aliphatic hydroxyl groups is 1. The Labute approximate surface area is 171 Å². The summed E-state index contributed by atoms with van der Waals surface area (Å²) < 4.78 is 37.4. The maximum absolute atomic E-state index is 11.9. The Kier molecular flexibility index (Phi) is 11.2. The lowest BCUT2D eigenvalue weighted by atomic mass is 10.1. The van der Waals surface area contributed by atoms with Crippen molar-refractivity contribution in [3.05, 3.63) is 18.2 Å². The van der Waals surface area contributed by atoms with E-state index < -0.39 is 22.3 Å². The van der Waals surface area contributed by atoms with Crippen LogP contribution in [0.4, 0.5) is 16.2 Å². The number of alkyl halides is 1. The number of halogens is 1. The highest BCUT2D eigenvalue weighted by atomic mass is 35.5. The first-order valence-electron chi connectivity index (χ1n) is 9.31. The monoisotopic (exact) mass is 436 g/mol. The fourth-order valence-electron chi connectivity index (χ4n) is 2.45. The number of hydrogen-bond donors (Lipinski definition) is 4. The van der Waals surface area contributed by atoms with E-state index in [1.807, 2.05) is 0 Å². The van der Waals surface area contributed by atoms with Gasteiger partial charge < -0.3 is 15.2 Å². The van der Waals surface area contributed by atoms with Crippen LogP contribution >= 0.6 is 11.6 Å². The van der Waals surface area contributed by atoms with Gasteiger partial charge in [0.25, 0.3) is 10.1 Å². The molecule has 0 aliphatic rings. The Morgan fingerprint density at radius 2 is 1.89 bits per heavy atom. The highest BCUT2D eigenvalue weighted by molar-refractivity contribution is 7.86. The third kappa shape index (κ3) is 9.59. The molecule has 0 saturated heterocycles. The van der Waals surface area contributed by atoms with Gasteiger partial charge in [0.05, 0.1) is 24.3 Å². The van der Waals surface area contributed by atoms with Gasteiger partial charge in [0.2, 0.25) is 0 Å². The number of hydrogen-bond acceptors (Lipinski definition) is 6. The summed E-state index contributed by atoms with van der Waals surface area (Å²) in [5, 5.41) is 14.7. The fraction of sp³-hybridized carbons (Fsp3) is 0.611.